The van der Waals surface area contributed by atoms with Gasteiger partial charge in [0.1, 0.15) is 5.75 Å². The topological polar surface area (TPSA) is 87.1 Å². The molecule has 7 heteroatoms. The number of aromatic nitrogens is 2. The summed E-state index contributed by atoms with van der Waals surface area (Å²) in [6.45, 7) is 5.29. The molecule has 2 aromatic carbocycles. The normalized spacial score (nSPS) is 10.8. The molecule has 6 nitrogen and oxygen atoms in total. The first-order valence-electron chi connectivity index (χ1n) is 9.77. The number of hydrogen-bond donors (Lipinski definition) is 3. The number of hydrogen-bond acceptors (Lipinski definition) is 6. The summed E-state index contributed by atoms with van der Waals surface area (Å²) < 4.78 is 0. The number of nitrogens with zero attached hydrogens (tertiary/aromatic N) is 2. The van der Waals surface area contributed by atoms with Crippen LogP contribution in [0.2, 0.25) is 0 Å². The Hall–Kier alpha value is -3.58. The van der Waals surface area contributed by atoms with Crippen LogP contribution in [0.1, 0.15) is 18.2 Å². The number of aromatic hydroxyl groups is 1. The van der Waals surface area contributed by atoms with E-state index < -0.39 is 0 Å². The van der Waals surface area contributed by atoms with Crippen molar-refractivity contribution in [1.29, 1.82) is 0 Å². The summed E-state index contributed by atoms with van der Waals surface area (Å²) in [7, 11) is 0. The fraction of sp³-hybridized carbons (Fsp3) is 0.125. The minimum atomic E-state index is -0.107. The van der Waals surface area contributed by atoms with Gasteiger partial charge in [-0.25, -0.2) is 9.97 Å². The Morgan fingerprint density at radius 1 is 1.00 bits per heavy atom. The first-order valence-corrected chi connectivity index (χ1v) is 10.6. The number of pyridine rings is 2. The molecule has 4 aromatic rings. The van der Waals surface area contributed by atoms with Crippen LogP contribution in [0.25, 0.3) is 11.0 Å². The summed E-state index contributed by atoms with van der Waals surface area (Å²) in [5.74, 6) is 0.129. The molecule has 0 bridgehead atoms. The standard InChI is InChI=1S/C24H22N4O2S/c1-14-12-21(28-20-10-11-25-24-19(20)9-4-15(2)26-24)23(13-22(14)30)31-18-7-5-17(6-8-18)27-16(3)29/h4-13,30H,1-3H3,(H,27,29)(H,25,26,28). The highest BCUT2D eigenvalue weighted by Gasteiger charge is 2.12. The Bertz CT molecular complexity index is 1270. The van der Waals surface area contributed by atoms with Gasteiger partial charge < -0.3 is 15.7 Å². The first kappa shape index (κ1) is 20.7. The average molecular weight is 431 g/mol. The number of anilines is 3. The van der Waals surface area contributed by atoms with Gasteiger partial charge in [-0.05, 0) is 74.0 Å². The summed E-state index contributed by atoms with van der Waals surface area (Å²) in [5, 5.41) is 17.5. The highest BCUT2D eigenvalue weighted by molar-refractivity contribution is 7.99. The van der Waals surface area contributed by atoms with E-state index in [4.69, 9.17) is 0 Å². The summed E-state index contributed by atoms with van der Waals surface area (Å²) in [4.78, 5) is 22.0. The molecule has 156 valence electrons. The lowest BCUT2D eigenvalue weighted by atomic mass is 10.1. The third kappa shape index (κ3) is 4.78. The predicted octanol–water partition coefficient (Wildman–Crippen LogP) is 5.81. The van der Waals surface area contributed by atoms with Gasteiger partial charge in [-0.2, -0.15) is 0 Å². The molecular weight excluding hydrogens is 408 g/mol. The monoisotopic (exact) mass is 430 g/mol. The van der Waals surface area contributed by atoms with Gasteiger partial charge >= 0.3 is 0 Å². The lowest BCUT2D eigenvalue weighted by Crippen LogP contribution is -2.05. The molecule has 0 atom stereocenters. The Labute approximate surface area is 184 Å². The maximum Gasteiger partial charge on any atom is 0.221 e. The minimum absolute atomic E-state index is 0.107. The molecular formula is C24H22N4O2S. The number of amides is 1. The third-order valence-electron chi connectivity index (χ3n) is 4.71. The number of aryl methyl sites for hydroxylation is 2. The molecule has 2 heterocycles. The predicted molar refractivity (Wildman–Crippen MR) is 125 cm³/mol. The molecule has 31 heavy (non-hydrogen) atoms. The van der Waals surface area contributed by atoms with Crippen LogP contribution in [0.3, 0.4) is 0 Å². The molecule has 0 aliphatic heterocycles. The van der Waals surface area contributed by atoms with Crippen molar-refractivity contribution in [3.05, 3.63) is 72.1 Å². The van der Waals surface area contributed by atoms with Gasteiger partial charge in [0.2, 0.25) is 5.91 Å². The van der Waals surface area contributed by atoms with Gasteiger partial charge in [0.05, 0.1) is 11.4 Å². The molecule has 0 aliphatic rings. The van der Waals surface area contributed by atoms with Gasteiger partial charge in [-0.15, -0.1) is 0 Å². The van der Waals surface area contributed by atoms with E-state index in [0.29, 0.717) is 5.65 Å². The fourth-order valence-electron chi connectivity index (χ4n) is 3.17. The number of carbonyl (C=O) groups is 1. The van der Waals surface area contributed by atoms with Crippen LogP contribution in [0, 0.1) is 13.8 Å². The van der Waals surface area contributed by atoms with E-state index in [1.54, 1.807) is 12.3 Å². The first-order chi connectivity index (χ1) is 14.9. The number of carbonyl (C=O) groups excluding carboxylic acids is 1. The van der Waals surface area contributed by atoms with Crippen molar-refractivity contribution in [1.82, 2.24) is 9.97 Å². The molecule has 0 fully saturated rings. The zero-order valence-electron chi connectivity index (χ0n) is 17.4. The molecule has 0 aliphatic carbocycles. The highest BCUT2D eigenvalue weighted by atomic mass is 32.2. The molecule has 2 aromatic heterocycles. The largest absolute Gasteiger partial charge is 0.508 e. The zero-order chi connectivity index (χ0) is 22.0. The highest BCUT2D eigenvalue weighted by Crippen LogP contribution is 2.39. The fourth-order valence-corrected chi connectivity index (χ4v) is 4.09. The van der Waals surface area contributed by atoms with Crippen LogP contribution in [-0.4, -0.2) is 21.0 Å². The molecule has 0 unspecified atom stereocenters. The van der Waals surface area contributed by atoms with Crippen molar-refractivity contribution in [2.75, 3.05) is 10.6 Å². The Morgan fingerprint density at radius 2 is 1.77 bits per heavy atom. The number of phenols is 1. The second-order valence-corrected chi connectivity index (χ2v) is 8.37. The number of benzene rings is 2. The van der Waals surface area contributed by atoms with Crippen LogP contribution in [0.5, 0.6) is 5.75 Å². The molecule has 3 N–H and O–H groups in total. The van der Waals surface area contributed by atoms with Crippen molar-refractivity contribution < 1.29 is 9.90 Å². The number of fused-ring (bicyclic) bond motifs is 1. The second-order valence-electron chi connectivity index (χ2n) is 7.25. The van der Waals surface area contributed by atoms with Crippen LogP contribution in [0.15, 0.2) is 70.6 Å². The quantitative estimate of drug-likeness (QED) is 0.347. The van der Waals surface area contributed by atoms with Crippen molar-refractivity contribution in [2.24, 2.45) is 0 Å². The van der Waals surface area contributed by atoms with E-state index >= 15 is 0 Å². The molecule has 4 rings (SSSR count). The van der Waals surface area contributed by atoms with Gasteiger partial charge in [-0.3, -0.25) is 4.79 Å². The van der Waals surface area contributed by atoms with Crippen LogP contribution < -0.4 is 10.6 Å². The Kier molecular flexibility index (Phi) is 5.77. The average Bonchev–Trinajstić information content (AvgIpc) is 2.72. The van der Waals surface area contributed by atoms with Gasteiger partial charge in [0.15, 0.2) is 5.65 Å². The van der Waals surface area contributed by atoms with E-state index in [9.17, 15) is 9.90 Å². The molecule has 0 spiro atoms. The van der Waals surface area contributed by atoms with E-state index in [1.807, 2.05) is 62.4 Å². The Morgan fingerprint density at radius 3 is 2.52 bits per heavy atom. The van der Waals surface area contributed by atoms with Crippen LogP contribution >= 0.6 is 11.8 Å². The van der Waals surface area contributed by atoms with Crippen LogP contribution in [0.4, 0.5) is 17.1 Å². The van der Waals surface area contributed by atoms with Gasteiger partial charge in [-0.1, -0.05) is 11.8 Å². The number of phenolic OH excluding ortho intramolecular Hbond substituents is 1. The summed E-state index contributed by atoms with van der Waals surface area (Å²) in [6.07, 6.45) is 1.73. The summed E-state index contributed by atoms with van der Waals surface area (Å²) >= 11 is 1.53. The number of nitrogens with one attached hydrogen (secondary N) is 2. The van der Waals surface area contributed by atoms with Crippen LogP contribution in [-0.2, 0) is 4.79 Å². The maximum atomic E-state index is 11.2. The van der Waals surface area contributed by atoms with E-state index in [2.05, 4.69) is 20.6 Å². The molecule has 0 saturated carbocycles. The van der Waals surface area contributed by atoms with Crippen molar-refractivity contribution in [2.45, 2.75) is 30.6 Å². The van der Waals surface area contributed by atoms with Gasteiger partial charge in [0.25, 0.3) is 0 Å². The Balaban J connectivity index is 1.68. The molecule has 0 saturated heterocycles. The minimum Gasteiger partial charge on any atom is -0.508 e. The smallest absolute Gasteiger partial charge is 0.221 e. The van der Waals surface area contributed by atoms with Crippen molar-refractivity contribution in [3.8, 4) is 5.75 Å². The van der Waals surface area contributed by atoms with E-state index in [0.717, 1.165) is 43.5 Å². The van der Waals surface area contributed by atoms with E-state index in [-0.39, 0.29) is 11.7 Å². The van der Waals surface area contributed by atoms with E-state index in [1.165, 1.54) is 18.7 Å². The van der Waals surface area contributed by atoms with Crippen molar-refractivity contribution in [3.63, 3.8) is 0 Å². The molecule has 0 radical (unpaired) electrons. The second kappa shape index (κ2) is 8.65. The lowest BCUT2D eigenvalue weighted by molar-refractivity contribution is -0.114. The lowest BCUT2D eigenvalue weighted by Gasteiger charge is -2.15. The summed E-state index contributed by atoms with van der Waals surface area (Å²) in [6, 6.07) is 17.2. The SMILES string of the molecule is CC(=O)Nc1ccc(Sc2cc(O)c(C)cc2Nc2ccnc3nc(C)ccc23)cc1. The third-order valence-corrected chi connectivity index (χ3v) is 5.78. The zero-order valence-corrected chi connectivity index (χ0v) is 18.2. The molecule has 1 amide bonds. The van der Waals surface area contributed by atoms with Gasteiger partial charge in [0, 0.05) is 39.7 Å². The summed E-state index contributed by atoms with van der Waals surface area (Å²) in [5.41, 5.74) is 4.89. The maximum absolute atomic E-state index is 11.2. The number of rotatable bonds is 5. The van der Waals surface area contributed by atoms with Crippen molar-refractivity contribution >= 4 is 45.8 Å².